The number of hydrazine groups is 1. The number of aryl methyl sites for hydroxylation is 1. The van der Waals surface area contributed by atoms with Crippen molar-refractivity contribution in [1.82, 2.24) is 19.7 Å². The lowest BCUT2D eigenvalue weighted by molar-refractivity contribution is -0.130. The Bertz CT molecular complexity index is 972. The van der Waals surface area contributed by atoms with Crippen LogP contribution in [0.3, 0.4) is 0 Å². The smallest absolute Gasteiger partial charge is 0.256 e. The standard InChI is InChI=1S/C18H21ClN4O4S/c1-22-10-2-4-14(22)12-17(24)20-21-18(25)16-5-3-11-23(16)28(26,27)15-8-6-13(19)7-9-15/h2,4,6-10,16H,3,5,11-12H2,1H3,(H,20,24)(H,21,25)/t16-/m0/s1. The third-order valence-corrected chi connectivity index (χ3v) is 6.82. The van der Waals surface area contributed by atoms with Gasteiger partial charge in [-0.05, 0) is 49.2 Å². The number of halogens is 1. The van der Waals surface area contributed by atoms with Crippen molar-refractivity contribution in [3.8, 4) is 0 Å². The molecular formula is C18H21ClN4O4S. The summed E-state index contributed by atoms with van der Waals surface area (Å²) in [5, 5.41) is 0.426. The first-order valence-electron chi connectivity index (χ1n) is 8.75. The molecule has 0 spiro atoms. The highest BCUT2D eigenvalue weighted by atomic mass is 35.5. The average molecular weight is 425 g/mol. The van der Waals surface area contributed by atoms with E-state index in [4.69, 9.17) is 11.6 Å². The molecule has 10 heteroatoms. The van der Waals surface area contributed by atoms with Crippen LogP contribution in [-0.2, 0) is 33.1 Å². The van der Waals surface area contributed by atoms with E-state index in [1.807, 2.05) is 19.3 Å². The van der Waals surface area contributed by atoms with E-state index in [1.165, 1.54) is 24.3 Å². The van der Waals surface area contributed by atoms with E-state index in [2.05, 4.69) is 10.9 Å². The molecular weight excluding hydrogens is 404 g/mol. The Hall–Kier alpha value is -2.36. The van der Waals surface area contributed by atoms with Gasteiger partial charge in [-0.15, -0.1) is 0 Å². The second kappa shape index (κ2) is 8.34. The zero-order chi connectivity index (χ0) is 20.3. The van der Waals surface area contributed by atoms with Gasteiger partial charge in [0.2, 0.25) is 15.9 Å². The number of hydrogen-bond acceptors (Lipinski definition) is 4. The van der Waals surface area contributed by atoms with Gasteiger partial charge in [0.1, 0.15) is 6.04 Å². The minimum absolute atomic E-state index is 0.0735. The van der Waals surface area contributed by atoms with Crippen molar-refractivity contribution in [2.45, 2.75) is 30.2 Å². The molecule has 0 bridgehead atoms. The van der Waals surface area contributed by atoms with Crippen molar-refractivity contribution in [3.05, 3.63) is 53.3 Å². The fraction of sp³-hybridized carbons (Fsp3) is 0.333. The van der Waals surface area contributed by atoms with Crippen LogP contribution in [-0.4, -0.2) is 41.7 Å². The number of carbonyl (C=O) groups is 2. The first-order chi connectivity index (χ1) is 13.3. The minimum atomic E-state index is -3.84. The predicted molar refractivity (Wildman–Crippen MR) is 104 cm³/mol. The average Bonchev–Trinajstić information content (AvgIpc) is 3.30. The molecule has 1 aliphatic heterocycles. The van der Waals surface area contributed by atoms with Gasteiger partial charge in [-0.1, -0.05) is 11.6 Å². The number of amides is 2. The molecule has 1 aromatic heterocycles. The lowest BCUT2D eigenvalue weighted by atomic mass is 10.2. The zero-order valence-electron chi connectivity index (χ0n) is 15.3. The molecule has 0 aliphatic carbocycles. The van der Waals surface area contributed by atoms with Crippen molar-refractivity contribution >= 4 is 33.4 Å². The maximum absolute atomic E-state index is 12.9. The minimum Gasteiger partial charge on any atom is -0.354 e. The van der Waals surface area contributed by atoms with Crippen molar-refractivity contribution in [2.24, 2.45) is 7.05 Å². The molecule has 1 aromatic carbocycles. The Morgan fingerprint density at radius 3 is 2.54 bits per heavy atom. The van der Waals surface area contributed by atoms with Crippen LogP contribution in [0.25, 0.3) is 0 Å². The third kappa shape index (κ3) is 4.37. The number of benzene rings is 1. The van der Waals surface area contributed by atoms with Gasteiger partial charge in [-0.25, -0.2) is 8.42 Å². The fourth-order valence-corrected chi connectivity index (χ4v) is 4.92. The number of hydrogen-bond donors (Lipinski definition) is 2. The monoisotopic (exact) mass is 424 g/mol. The van der Waals surface area contributed by atoms with Crippen molar-refractivity contribution in [3.63, 3.8) is 0 Å². The number of aromatic nitrogens is 1. The number of rotatable bonds is 5. The molecule has 0 saturated carbocycles. The summed E-state index contributed by atoms with van der Waals surface area (Å²) >= 11 is 5.82. The van der Waals surface area contributed by atoms with Gasteiger partial charge in [0.25, 0.3) is 5.91 Å². The summed E-state index contributed by atoms with van der Waals surface area (Å²) in [6.45, 7) is 0.236. The molecule has 28 heavy (non-hydrogen) atoms. The summed E-state index contributed by atoms with van der Waals surface area (Å²) in [7, 11) is -2.02. The van der Waals surface area contributed by atoms with E-state index in [1.54, 1.807) is 10.6 Å². The van der Waals surface area contributed by atoms with Gasteiger partial charge in [0.05, 0.1) is 11.3 Å². The first-order valence-corrected chi connectivity index (χ1v) is 10.6. The van der Waals surface area contributed by atoms with Gasteiger partial charge in [-0.3, -0.25) is 20.4 Å². The predicted octanol–water partition coefficient (Wildman–Crippen LogP) is 1.22. The number of sulfonamides is 1. The van der Waals surface area contributed by atoms with E-state index >= 15 is 0 Å². The van der Waals surface area contributed by atoms with Crippen molar-refractivity contribution in [2.75, 3.05) is 6.54 Å². The molecule has 1 aliphatic rings. The second-order valence-corrected chi connectivity index (χ2v) is 8.88. The Kier molecular flexibility index (Phi) is 6.07. The van der Waals surface area contributed by atoms with Crippen molar-refractivity contribution < 1.29 is 18.0 Å². The van der Waals surface area contributed by atoms with Crippen LogP contribution in [0, 0.1) is 0 Å². The highest BCUT2D eigenvalue weighted by molar-refractivity contribution is 7.89. The van der Waals surface area contributed by atoms with Crippen LogP contribution >= 0.6 is 11.6 Å². The molecule has 1 fully saturated rings. The van der Waals surface area contributed by atoms with Gasteiger partial charge >= 0.3 is 0 Å². The Morgan fingerprint density at radius 2 is 1.89 bits per heavy atom. The highest BCUT2D eigenvalue weighted by Crippen LogP contribution is 2.26. The maximum Gasteiger partial charge on any atom is 0.256 e. The molecule has 8 nitrogen and oxygen atoms in total. The van der Waals surface area contributed by atoms with Crippen LogP contribution in [0.1, 0.15) is 18.5 Å². The Labute approximate surface area is 168 Å². The summed E-state index contributed by atoms with van der Waals surface area (Å²) in [6.07, 6.45) is 2.86. The van der Waals surface area contributed by atoms with Crippen LogP contribution in [0.5, 0.6) is 0 Å². The molecule has 2 heterocycles. The number of carbonyl (C=O) groups excluding carboxylic acids is 2. The summed E-state index contributed by atoms with van der Waals surface area (Å²) in [5.74, 6) is -0.949. The highest BCUT2D eigenvalue weighted by Gasteiger charge is 2.39. The summed E-state index contributed by atoms with van der Waals surface area (Å²) in [6, 6.07) is 8.54. The SMILES string of the molecule is Cn1cccc1CC(=O)NNC(=O)[C@@H]1CCCN1S(=O)(=O)c1ccc(Cl)cc1. The Balaban J connectivity index is 1.63. The van der Waals surface area contributed by atoms with Crippen LogP contribution in [0.4, 0.5) is 0 Å². The van der Waals surface area contributed by atoms with Gasteiger partial charge in [0, 0.05) is 30.5 Å². The summed E-state index contributed by atoms with van der Waals surface area (Å²) < 4.78 is 28.7. The summed E-state index contributed by atoms with van der Waals surface area (Å²) in [5.41, 5.74) is 5.49. The van der Waals surface area contributed by atoms with Gasteiger partial charge in [0.15, 0.2) is 0 Å². The molecule has 3 rings (SSSR count). The molecule has 0 unspecified atom stereocenters. The van der Waals surface area contributed by atoms with Gasteiger partial charge in [-0.2, -0.15) is 4.31 Å². The molecule has 2 aromatic rings. The van der Waals surface area contributed by atoms with E-state index in [0.717, 1.165) is 10.00 Å². The number of nitrogens with zero attached hydrogens (tertiary/aromatic N) is 2. The second-order valence-electron chi connectivity index (χ2n) is 6.55. The topological polar surface area (TPSA) is 101 Å². The van der Waals surface area contributed by atoms with E-state index < -0.39 is 22.0 Å². The van der Waals surface area contributed by atoms with Gasteiger partial charge < -0.3 is 4.57 Å². The zero-order valence-corrected chi connectivity index (χ0v) is 16.8. The lowest BCUT2D eigenvalue weighted by Crippen LogP contribution is -2.51. The van der Waals surface area contributed by atoms with Crippen molar-refractivity contribution in [1.29, 1.82) is 0 Å². The van der Waals surface area contributed by atoms with E-state index in [9.17, 15) is 18.0 Å². The third-order valence-electron chi connectivity index (χ3n) is 4.64. The normalized spacial score (nSPS) is 17.4. The molecule has 2 N–H and O–H groups in total. The lowest BCUT2D eigenvalue weighted by Gasteiger charge is -2.23. The van der Waals surface area contributed by atoms with E-state index in [-0.39, 0.29) is 23.8 Å². The quantitative estimate of drug-likeness (QED) is 0.705. The Morgan fingerprint density at radius 1 is 1.18 bits per heavy atom. The van der Waals surface area contributed by atoms with Crippen LogP contribution in [0.15, 0.2) is 47.5 Å². The largest absolute Gasteiger partial charge is 0.354 e. The first kappa shape index (κ1) is 20.4. The number of nitrogens with one attached hydrogen (secondary N) is 2. The molecule has 1 saturated heterocycles. The maximum atomic E-state index is 12.9. The summed E-state index contributed by atoms with van der Waals surface area (Å²) in [4.78, 5) is 24.6. The molecule has 1 atom stereocenters. The molecule has 150 valence electrons. The van der Waals surface area contributed by atoms with Crippen LogP contribution < -0.4 is 10.9 Å². The van der Waals surface area contributed by atoms with Crippen LogP contribution in [0.2, 0.25) is 5.02 Å². The van der Waals surface area contributed by atoms with E-state index in [0.29, 0.717) is 17.9 Å². The fourth-order valence-electron chi connectivity index (χ4n) is 3.14. The molecule has 2 amide bonds. The molecule has 0 radical (unpaired) electrons.